The highest BCUT2D eigenvalue weighted by Gasteiger charge is 2.22. The first-order valence-electron chi connectivity index (χ1n) is 5.03. The topological polar surface area (TPSA) is 28.7 Å². The fraction of sp³-hybridized carbons (Fsp3) is 0.250. The van der Waals surface area contributed by atoms with Crippen LogP contribution in [-0.2, 0) is 0 Å². The molecule has 3 rings (SSSR count). The summed E-state index contributed by atoms with van der Waals surface area (Å²) in [5.41, 5.74) is 3.78. The van der Waals surface area contributed by atoms with Crippen molar-refractivity contribution in [3.63, 3.8) is 0 Å². The lowest BCUT2D eigenvalue weighted by Gasteiger charge is -2.00. The van der Waals surface area contributed by atoms with Crippen LogP contribution in [0.5, 0.6) is 0 Å². The van der Waals surface area contributed by atoms with Gasteiger partial charge in [-0.25, -0.2) is 0 Å². The molecule has 1 aromatic carbocycles. The minimum absolute atomic E-state index is 0.839. The van der Waals surface area contributed by atoms with Gasteiger partial charge < -0.3 is 0 Å². The lowest BCUT2D eigenvalue weighted by atomic mass is 10.1. The third-order valence-corrected chi connectivity index (χ3v) is 2.77. The van der Waals surface area contributed by atoms with Gasteiger partial charge in [-0.1, -0.05) is 24.3 Å². The van der Waals surface area contributed by atoms with E-state index in [-0.39, 0.29) is 0 Å². The summed E-state index contributed by atoms with van der Waals surface area (Å²) in [5, 5.41) is 6.91. The van der Waals surface area contributed by atoms with E-state index in [1.54, 1.807) is 6.20 Å². The van der Waals surface area contributed by atoms with Crippen LogP contribution in [0.25, 0.3) is 11.3 Å². The highest BCUT2D eigenvalue weighted by Crippen LogP contribution is 2.40. The molecule has 14 heavy (non-hydrogen) atoms. The van der Waals surface area contributed by atoms with Gasteiger partial charge in [-0.15, -0.1) is 0 Å². The van der Waals surface area contributed by atoms with E-state index in [1.807, 2.05) is 6.07 Å². The number of aromatic nitrogens is 2. The maximum absolute atomic E-state index is 3.94. The Hall–Kier alpha value is -1.57. The van der Waals surface area contributed by atoms with E-state index in [0.717, 1.165) is 11.6 Å². The van der Waals surface area contributed by atoms with E-state index in [2.05, 4.69) is 34.5 Å². The second kappa shape index (κ2) is 2.98. The molecular weight excluding hydrogens is 172 g/mol. The molecule has 1 N–H and O–H groups in total. The van der Waals surface area contributed by atoms with Crippen molar-refractivity contribution in [2.45, 2.75) is 18.8 Å². The van der Waals surface area contributed by atoms with Crippen molar-refractivity contribution in [1.82, 2.24) is 10.2 Å². The summed E-state index contributed by atoms with van der Waals surface area (Å²) in [6.45, 7) is 0. The predicted molar refractivity (Wildman–Crippen MR) is 56.0 cm³/mol. The normalized spacial score (nSPS) is 15.7. The number of hydrogen-bond acceptors (Lipinski definition) is 1. The molecule has 1 heterocycles. The first-order valence-corrected chi connectivity index (χ1v) is 5.03. The molecule has 0 atom stereocenters. The van der Waals surface area contributed by atoms with Crippen molar-refractivity contribution >= 4 is 0 Å². The fourth-order valence-corrected chi connectivity index (χ4v) is 1.77. The van der Waals surface area contributed by atoms with Crippen LogP contribution >= 0.6 is 0 Å². The molecule has 0 spiro atoms. The van der Waals surface area contributed by atoms with E-state index in [4.69, 9.17) is 0 Å². The summed E-state index contributed by atoms with van der Waals surface area (Å²) >= 11 is 0. The van der Waals surface area contributed by atoms with E-state index in [9.17, 15) is 0 Å². The molecule has 2 nitrogen and oxygen atoms in total. The van der Waals surface area contributed by atoms with Crippen molar-refractivity contribution in [3.8, 4) is 11.3 Å². The van der Waals surface area contributed by atoms with Crippen molar-refractivity contribution in [2.24, 2.45) is 0 Å². The van der Waals surface area contributed by atoms with E-state index >= 15 is 0 Å². The first kappa shape index (κ1) is 7.80. The Morgan fingerprint density at radius 3 is 2.43 bits per heavy atom. The van der Waals surface area contributed by atoms with Crippen molar-refractivity contribution in [1.29, 1.82) is 0 Å². The zero-order valence-electron chi connectivity index (χ0n) is 7.90. The van der Waals surface area contributed by atoms with Gasteiger partial charge in [0.25, 0.3) is 0 Å². The van der Waals surface area contributed by atoms with Crippen LogP contribution in [0.2, 0.25) is 0 Å². The van der Waals surface area contributed by atoms with Crippen LogP contribution in [0.3, 0.4) is 0 Å². The summed E-state index contributed by atoms with van der Waals surface area (Å²) in [6.07, 6.45) is 4.51. The summed E-state index contributed by atoms with van der Waals surface area (Å²) in [7, 11) is 0. The Labute approximate surface area is 83.0 Å². The molecule has 0 unspecified atom stereocenters. The zero-order valence-corrected chi connectivity index (χ0v) is 7.90. The number of rotatable bonds is 2. The summed E-state index contributed by atoms with van der Waals surface area (Å²) in [6, 6.07) is 10.8. The number of hydrogen-bond donors (Lipinski definition) is 1. The quantitative estimate of drug-likeness (QED) is 0.763. The van der Waals surface area contributed by atoms with Gasteiger partial charge in [-0.2, -0.15) is 5.10 Å². The molecule has 2 heteroatoms. The van der Waals surface area contributed by atoms with Gasteiger partial charge in [0.05, 0.1) is 5.69 Å². The smallest absolute Gasteiger partial charge is 0.0650 e. The summed E-state index contributed by atoms with van der Waals surface area (Å²) in [5.74, 6) is 0.839. The Morgan fingerprint density at radius 2 is 1.86 bits per heavy atom. The Bertz CT molecular complexity index is 410. The monoisotopic (exact) mass is 184 g/mol. The highest BCUT2D eigenvalue weighted by atomic mass is 15.1. The van der Waals surface area contributed by atoms with Gasteiger partial charge in [-0.3, -0.25) is 5.10 Å². The van der Waals surface area contributed by atoms with E-state index in [1.165, 1.54) is 24.0 Å². The van der Waals surface area contributed by atoms with E-state index in [0.29, 0.717) is 0 Å². The van der Waals surface area contributed by atoms with Crippen molar-refractivity contribution in [3.05, 3.63) is 42.1 Å². The molecule has 0 aliphatic heterocycles. The fourth-order valence-electron chi connectivity index (χ4n) is 1.77. The van der Waals surface area contributed by atoms with Crippen LogP contribution < -0.4 is 0 Å². The van der Waals surface area contributed by atoms with Crippen molar-refractivity contribution < 1.29 is 0 Å². The molecule has 1 aliphatic rings. The van der Waals surface area contributed by atoms with Gasteiger partial charge in [0, 0.05) is 6.20 Å². The van der Waals surface area contributed by atoms with Gasteiger partial charge in [0.2, 0.25) is 0 Å². The Kier molecular flexibility index (Phi) is 1.66. The molecule has 0 radical (unpaired) electrons. The Balaban J connectivity index is 1.93. The number of benzene rings is 1. The van der Waals surface area contributed by atoms with E-state index < -0.39 is 0 Å². The molecule has 1 aromatic heterocycles. The highest BCUT2D eigenvalue weighted by molar-refractivity contribution is 5.58. The average Bonchev–Trinajstić information content (AvgIpc) is 2.94. The molecule has 1 saturated carbocycles. The summed E-state index contributed by atoms with van der Waals surface area (Å²) < 4.78 is 0. The second-order valence-corrected chi connectivity index (χ2v) is 3.87. The van der Waals surface area contributed by atoms with Gasteiger partial charge in [0.1, 0.15) is 0 Å². The number of nitrogens with one attached hydrogen (secondary N) is 1. The number of H-pyrrole nitrogens is 1. The van der Waals surface area contributed by atoms with Gasteiger partial charge in [0.15, 0.2) is 0 Å². The standard InChI is InChI=1S/C12H12N2/c1-2-9(1)10-3-5-11(6-4-10)12-7-8-13-14-12/h3-9H,1-2H2,(H,13,14). The molecule has 0 bridgehead atoms. The Morgan fingerprint density at radius 1 is 1.07 bits per heavy atom. The number of nitrogens with zero attached hydrogens (tertiary/aromatic N) is 1. The maximum Gasteiger partial charge on any atom is 0.0650 e. The molecule has 2 aromatic rings. The molecule has 0 saturated heterocycles. The van der Waals surface area contributed by atoms with Crippen LogP contribution in [0, 0.1) is 0 Å². The largest absolute Gasteiger partial charge is 0.278 e. The lowest BCUT2D eigenvalue weighted by molar-refractivity contribution is 1.09. The molecule has 0 amide bonds. The van der Waals surface area contributed by atoms with Crippen LogP contribution in [0.4, 0.5) is 0 Å². The van der Waals surface area contributed by atoms with Crippen LogP contribution in [0.1, 0.15) is 24.3 Å². The van der Waals surface area contributed by atoms with Gasteiger partial charge in [-0.05, 0) is 36.0 Å². The predicted octanol–water partition coefficient (Wildman–Crippen LogP) is 2.95. The van der Waals surface area contributed by atoms with Crippen LogP contribution in [0.15, 0.2) is 36.5 Å². The minimum atomic E-state index is 0.839. The van der Waals surface area contributed by atoms with Crippen molar-refractivity contribution in [2.75, 3.05) is 0 Å². The average molecular weight is 184 g/mol. The third-order valence-electron chi connectivity index (χ3n) is 2.77. The molecule has 1 fully saturated rings. The van der Waals surface area contributed by atoms with Gasteiger partial charge >= 0.3 is 0 Å². The maximum atomic E-state index is 3.94. The SMILES string of the molecule is c1cc(-c2ccc(C3CC3)cc2)[nH]n1. The van der Waals surface area contributed by atoms with Crippen LogP contribution in [-0.4, -0.2) is 10.2 Å². The second-order valence-electron chi connectivity index (χ2n) is 3.87. The molecule has 70 valence electrons. The summed E-state index contributed by atoms with van der Waals surface area (Å²) in [4.78, 5) is 0. The lowest BCUT2D eigenvalue weighted by Crippen LogP contribution is -1.81. The zero-order chi connectivity index (χ0) is 9.38. The molecule has 1 aliphatic carbocycles. The molecular formula is C12H12N2. The first-order chi connectivity index (χ1) is 6.93. The minimum Gasteiger partial charge on any atom is -0.278 e. The number of aromatic amines is 1. The third kappa shape index (κ3) is 1.33.